The number of rotatable bonds is 4. The Morgan fingerprint density at radius 2 is 2.14 bits per heavy atom. The number of anilines is 1. The van der Waals surface area contributed by atoms with Gasteiger partial charge in [0, 0.05) is 40.4 Å². The van der Waals surface area contributed by atoms with Crippen LogP contribution in [-0.2, 0) is 0 Å². The van der Waals surface area contributed by atoms with Gasteiger partial charge < -0.3 is 4.90 Å². The number of aryl methyl sites for hydroxylation is 1. The van der Waals surface area contributed by atoms with Crippen molar-refractivity contribution in [1.29, 1.82) is 0 Å². The summed E-state index contributed by atoms with van der Waals surface area (Å²) in [7, 11) is 0. The van der Waals surface area contributed by atoms with Gasteiger partial charge in [0.25, 0.3) is 0 Å². The molecule has 0 unspecified atom stereocenters. The monoisotopic (exact) mass is 368 g/mol. The molecule has 0 aliphatic rings. The molecule has 7 heteroatoms. The molecule has 21 heavy (non-hydrogen) atoms. The maximum absolute atomic E-state index is 12.1. The van der Waals surface area contributed by atoms with Crippen LogP contribution >= 0.6 is 27.3 Å². The van der Waals surface area contributed by atoms with E-state index in [1.165, 1.54) is 0 Å². The van der Waals surface area contributed by atoms with Crippen molar-refractivity contribution in [1.82, 2.24) is 14.9 Å². The molecule has 0 aliphatic carbocycles. The lowest BCUT2D eigenvalue weighted by molar-refractivity contribution is 0.217. The van der Waals surface area contributed by atoms with Crippen LogP contribution in [0.1, 0.15) is 19.5 Å². The van der Waals surface area contributed by atoms with Crippen molar-refractivity contribution in [2.75, 3.05) is 18.4 Å². The highest BCUT2D eigenvalue weighted by atomic mass is 79.9. The fraction of sp³-hybridized carbons (Fsp3) is 0.357. The Bertz CT molecular complexity index is 640. The summed E-state index contributed by atoms with van der Waals surface area (Å²) in [5.74, 6) is 0.526. The highest BCUT2D eigenvalue weighted by molar-refractivity contribution is 9.10. The van der Waals surface area contributed by atoms with Crippen LogP contribution in [0.5, 0.6) is 0 Å². The highest BCUT2D eigenvalue weighted by Crippen LogP contribution is 2.31. The largest absolute Gasteiger partial charge is 0.325 e. The average molecular weight is 369 g/mol. The van der Waals surface area contributed by atoms with Gasteiger partial charge in [-0.05, 0) is 42.8 Å². The van der Waals surface area contributed by atoms with E-state index in [2.05, 4.69) is 31.2 Å². The quantitative estimate of drug-likeness (QED) is 0.881. The molecule has 0 atom stereocenters. The fourth-order valence-electron chi connectivity index (χ4n) is 1.85. The van der Waals surface area contributed by atoms with Crippen LogP contribution in [0.2, 0.25) is 0 Å². The zero-order chi connectivity index (χ0) is 15.4. The smallest absolute Gasteiger partial charge is 0.322 e. The van der Waals surface area contributed by atoms with E-state index in [-0.39, 0.29) is 6.03 Å². The molecule has 2 rings (SSSR count). The predicted octanol–water partition coefficient (Wildman–Crippen LogP) is 4.15. The molecule has 0 aliphatic heterocycles. The zero-order valence-corrected chi connectivity index (χ0v) is 14.6. The Balaban J connectivity index is 2.25. The molecule has 0 radical (unpaired) electrons. The maximum Gasteiger partial charge on any atom is 0.322 e. The number of urea groups is 1. The van der Waals surface area contributed by atoms with Gasteiger partial charge in [0.15, 0.2) is 0 Å². The van der Waals surface area contributed by atoms with E-state index in [0.29, 0.717) is 18.9 Å². The average Bonchev–Trinajstić information content (AvgIpc) is 2.89. The minimum atomic E-state index is -0.143. The van der Waals surface area contributed by atoms with E-state index < -0.39 is 0 Å². The Kier molecular flexibility index (Phi) is 5.30. The SMILES string of the molecule is CCN(CC)C(=O)Nc1cc(-c2nc(C)cs2)c(Br)cn1. The van der Waals surface area contributed by atoms with Gasteiger partial charge in [0.2, 0.25) is 0 Å². The van der Waals surface area contributed by atoms with Crippen LogP contribution in [-0.4, -0.2) is 34.0 Å². The van der Waals surface area contributed by atoms with Crippen molar-refractivity contribution >= 4 is 39.1 Å². The molecule has 2 amide bonds. The lowest BCUT2D eigenvalue weighted by Crippen LogP contribution is -2.34. The van der Waals surface area contributed by atoms with E-state index in [1.54, 1.807) is 22.4 Å². The number of halogens is 1. The molecule has 2 aromatic rings. The fourth-order valence-corrected chi connectivity index (χ4v) is 3.21. The first-order valence-electron chi connectivity index (χ1n) is 6.69. The van der Waals surface area contributed by atoms with E-state index >= 15 is 0 Å². The molecule has 2 heterocycles. The normalized spacial score (nSPS) is 10.5. The Labute approximate surface area is 136 Å². The number of carbonyl (C=O) groups is 1. The first-order chi connectivity index (χ1) is 10.0. The van der Waals surface area contributed by atoms with Crippen molar-refractivity contribution in [2.24, 2.45) is 0 Å². The highest BCUT2D eigenvalue weighted by Gasteiger charge is 2.13. The zero-order valence-electron chi connectivity index (χ0n) is 12.2. The van der Waals surface area contributed by atoms with Gasteiger partial charge in [-0.25, -0.2) is 14.8 Å². The summed E-state index contributed by atoms with van der Waals surface area (Å²) in [4.78, 5) is 22.5. The molecule has 1 N–H and O–H groups in total. The van der Waals surface area contributed by atoms with Gasteiger partial charge in [0.05, 0.1) is 0 Å². The number of hydrogen-bond donors (Lipinski definition) is 1. The summed E-state index contributed by atoms with van der Waals surface area (Å²) in [5.41, 5.74) is 1.91. The molecule has 0 saturated heterocycles. The minimum absolute atomic E-state index is 0.143. The second-order valence-electron chi connectivity index (χ2n) is 4.45. The van der Waals surface area contributed by atoms with Crippen molar-refractivity contribution in [3.8, 4) is 10.6 Å². The molecule has 0 bridgehead atoms. The second kappa shape index (κ2) is 7.00. The second-order valence-corrected chi connectivity index (χ2v) is 6.16. The lowest BCUT2D eigenvalue weighted by atomic mass is 10.2. The topological polar surface area (TPSA) is 58.1 Å². The number of amides is 2. The first kappa shape index (κ1) is 15.9. The molecule has 0 spiro atoms. The van der Waals surface area contributed by atoms with Crippen LogP contribution in [0.3, 0.4) is 0 Å². The van der Waals surface area contributed by atoms with E-state index in [0.717, 1.165) is 20.7 Å². The Hall–Kier alpha value is -1.47. The molecule has 0 aromatic carbocycles. The van der Waals surface area contributed by atoms with Gasteiger partial charge in [-0.1, -0.05) is 0 Å². The maximum atomic E-state index is 12.1. The number of carbonyl (C=O) groups excluding carboxylic acids is 1. The number of hydrogen-bond acceptors (Lipinski definition) is 4. The summed E-state index contributed by atoms with van der Waals surface area (Å²) in [6.45, 7) is 7.18. The van der Waals surface area contributed by atoms with Gasteiger partial charge in [0.1, 0.15) is 10.8 Å². The van der Waals surface area contributed by atoms with Gasteiger partial charge in [-0.15, -0.1) is 11.3 Å². The van der Waals surface area contributed by atoms with Crippen molar-refractivity contribution in [2.45, 2.75) is 20.8 Å². The van der Waals surface area contributed by atoms with E-state index in [9.17, 15) is 4.79 Å². The lowest BCUT2D eigenvalue weighted by Gasteiger charge is -2.19. The van der Waals surface area contributed by atoms with E-state index in [4.69, 9.17) is 0 Å². The third-order valence-electron chi connectivity index (χ3n) is 2.99. The Morgan fingerprint density at radius 3 is 2.71 bits per heavy atom. The van der Waals surface area contributed by atoms with Crippen molar-refractivity contribution < 1.29 is 4.79 Å². The molecule has 5 nitrogen and oxygen atoms in total. The van der Waals surface area contributed by atoms with Crippen LogP contribution in [0.15, 0.2) is 22.1 Å². The van der Waals surface area contributed by atoms with Gasteiger partial charge in [-0.2, -0.15) is 0 Å². The standard InChI is InChI=1S/C14H17BrN4OS/c1-4-19(5-2)14(20)18-12-6-10(11(15)7-16-12)13-17-9(3)8-21-13/h6-8H,4-5H2,1-3H3,(H,16,18,20). The predicted molar refractivity (Wildman–Crippen MR) is 89.7 cm³/mol. The van der Waals surface area contributed by atoms with Crippen LogP contribution < -0.4 is 5.32 Å². The molecule has 112 valence electrons. The van der Waals surface area contributed by atoms with E-state index in [1.807, 2.05) is 32.2 Å². The third-order valence-corrected chi connectivity index (χ3v) is 4.62. The first-order valence-corrected chi connectivity index (χ1v) is 8.36. The Morgan fingerprint density at radius 1 is 1.43 bits per heavy atom. The number of aromatic nitrogens is 2. The minimum Gasteiger partial charge on any atom is -0.325 e. The molecular weight excluding hydrogens is 352 g/mol. The van der Waals surface area contributed by atoms with Crippen LogP contribution in [0.4, 0.5) is 10.6 Å². The summed E-state index contributed by atoms with van der Waals surface area (Å²) in [5, 5.41) is 5.72. The summed E-state index contributed by atoms with van der Waals surface area (Å²) >= 11 is 5.05. The van der Waals surface area contributed by atoms with Crippen LogP contribution in [0.25, 0.3) is 10.6 Å². The number of pyridine rings is 1. The molecule has 2 aromatic heterocycles. The van der Waals surface area contributed by atoms with Crippen molar-refractivity contribution in [3.63, 3.8) is 0 Å². The summed E-state index contributed by atoms with van der Waals surface area (Å²) in [6.07, 6.45) is 1.68. The molecule has 0 fully saturated rings. The number of nitrogens with one attached hydrogen (secondary N) is 1. The van der Waals surface area contributed by atoms with Crippen LogP contribution in [0, 0.1) is 6.92 Å². The van der Waals surface area contributed by atoms with Crippen molar-refractivity contribution in [3.05, 3.63) is 27.8 Å². The third kappa shape index (κ3) is 3.79. The molecular formula is C14H17BrN4OS. The molecule has 0 saturated carbocycles. The summed E-state index contributed by atoms with van der Waals surface area (Å²) in [6, 6.07) is 1.69. The van der Waals surface area contributed by atoms with Gasteiger partial charge >= 0.3 is 6.03 Å². The summed E-state index contributed by atoms with van der Waals surface area (Å²) < 4.78 is 0.859. The van der Waals surface area contributed by atoms with Gasteiger partial charge in [-0.3, -0.25) is 5.32 Å². The number of nitrogens with zero attached hydrogens (tertiary/aromatic N) is 3. The number of thiazole rings is 1.